The van der Waals surface area contributed by atoms with Gasteiger partial charge in [0.2, 0.25) is 0 Å². The maximum Gasteiger partial charge on any atom is 0.184 e. The van der Waals surface area contributed by atoms with E-state index in [0.717, 1.165) is 24.3 Å². The fourth-order valence-electron chi connectivity index (χ4n) is 1.74. The summed E-state index contributed by atoms with van der Waals surface area (Å²) < 4.78 is 51.0. The third kappa shape index (κ3) is 2.91. The molecule has 0 aliphatic rings. The van der Waals surface area contributed by atoms with E-state index in [1.807, 2.05) is 0 Å². The minimum Gasteiger partial charge on any atom is -0.398 e. The maximum absolute atomic E-state index is 13.6. The van der Waals surface area contributed by atoms with Gasteiger partial charge in [-0.25, -0.2) is 17.2 Å². The Morgan fingerprint density at radius 2 is 1.85 bits per heavy atom. The Morgan fingerprint density at radius 3 is 2.45 bits per heavy atom. The van der Waals surface area contributed by atoms with Gasteiger partial charge < -0.3 is 5.73 Å². The molecule has 20 heavy (non-hydrogen) atoms. The zero-order chi connectivity index (χ0) is 14.9. The van der Waals surface area contributed by atoms with Crippen LogP contribution in [0.15, 0.2) is 41.3 Å². The molecule has 2 N–H and O–H groups in total. The number of sulfone groups is 1. The molecule has 3 nitrogen and oxygen atoms in total. The fourth-order valence-corrected chi connectivity index (χ4v) is 3.57. The highest BCUT2D eigenvalue weighted by Gasteiger charge is 2.22. The molecule has 0 unspecified atom stereocenters. The van der Waals surface area contributed by atoms with E-state index in [4.69, 9.17) is 17.3 Å². The van der Waals surface area contributed by atoms with Crippen LogP contribution >= 0.6 is 11.6 Å². The zero-order valence-electron chi connectivity index (χ0n) is 10.1. The van der Waals surface area contributed by atoms with E-state index in [-0.39, 0.29) is 21.2 Å². The lowest BCUT2D eigenvalue weighted by Gasteiger charge is -2.09. The molecule has 2 aromatic carbocycles. The number of hydrogen-bond donors (Lipinski definition) is 1. The van der Waals surface area contributed by atoms with Crippen molar-refractivity contribution in [2.24, 2.45) is 0 Å². The Kier molecular flexibility index (Phi) is 3.96. The molecule has 0 bridgehead atoms. The normalized spacial score (nSPS) is 11.6. The quantitative estimate of drug-likeness (QED) is 0.698. The van der Waals surface area contributed by atoms with Crippen LogP contribution in [0.1, 0.15) is 5.56 Å². The third-order valence-electron chi connectivity index (χ3n) is 2.70. The van der Waals surface area contributed by atoms with E-state index < -0.39 is 27.2 Å². The first-order chi connectivity index (χ1) is 9.31. The lowest BCUT2D eigenvalue weighted by molar-refractivity contribution is 0.586. The molecule has 0 atom stereocenters. The number of hydrogen-bond acceptors (Lipinski definition) is 3. The summed E-state index contributed by atoms with van der Waals surface area (Å²) in [6.45, 7) is 0. The highest BCUT2D eigenvalue weighted by molar-refractivity contribution is 7.90. The molecule has 0 aliphatic heterocycles. The van der Waals surface area contributed by atoms with E-state index in [9.17, 15) is 17.2 Å². The molecule has 0 fully saturated rings. The molecular formula is C13H10ClF2NO2S. The monoisotopic (exact) mass is 317 g/mol. The molecule has 2 rings (SSSR count). The first-order valence-corrected chi connectivity index (χ1v) is 7.55. The summed E-state index contributed by atoms with van der Waals surface area (Å²) in [6.07, 6.45) is 0. The first-order valence-electron chi connectivity index (χ1n) is 5.52. The lowest BCUT2D eigenvalue weighted by atomic mass is 10.2. The van der Waals surface area contributed by atoms with Crippen molar-refractivity contribution in [1.29, 1.82) is 0 Å². The van der Waals surface area contributed by atoms with E-state index in [1.165, 1.54) is 12.1 Å². The second kappa shape index (κ2) is 5.38. The van der Waals surface area contributed by atoms with Crippen molar-refractivity contribution in [1.82, 2.24) is 0 Å². The second-order valence-corrected chi connectivity index (χ2v) is 6.51. The number of nitrogens with two attached hydrogens (primary N) is 1. The minimum absolute atomic E-state index is 0.00857. The van der Waals surface area contributed by atoms with Crippen LogP contribution in [-0.2, 0) is 15.6 Å². The van der Waals surface area contributed by atoms with Gasteiger partial charge in [0.25, 0.3) is 0 Å². The zero-order valence-corrected chi connectivity index (χ0v) is 11.7. The van der Waals surface area contributed by atoms with Crippen molar-refractivity contribution in [3.05, 3.63) is 58.6 Å². The van der Waals surface area contributed by atoms with Crippen LogP contribution in [-0.4, -0.2) is 8.42 Å². The molecule has 0 saturated carbocycles. The van der Waals surface area contributed by atoms with Crippen LogP contribution in [0.3, 0.4) is 0 Å². The van der Waals surface area contributed by atoms with Gasteiger partial charge in [-0.3, -0.25) is 0 Å². The largest absolute Gasteiger partial charge is 0.398 e. The predicted octanol–water partition coefficient (Wildman–Crippen LogP) is 3.17. The first kappa shape index (κ1) is 14.7. The average molecular weight is 318 g/mol. The fraction of sp³-hybridized carbons (Fsp3) is 0.0769. The van der Waals surface area contributed by atoms with E-state index in [0.29, 0.717) is 0 Å². The van der Waals surface area contributed by atoms with Crippen molar-refractivity contribution in [2.75, 3.05) is 5.73 Å². The molecule has 0 spiro atoms. The molecule has 0 heterocycles. The van der Waals surface area contributed by atoms with Crippen LogP contribution in [0.2, 0.25) is 5.02 Å². The molecule has 0 amide bonds. The highest BCUT2D eigenvalue weighted by atomic mass is 35.5. The molecule has 0 aromatic heterocycles. The van der Waals surface area contributed by atoms with Crippen LogP contribution in [0.5, 0.6) is 0 Å². The molecule has 106 valence electrons. The minimum atomic E-state index is -3.92. The van der Waals surface area contributed by atoms with Gasteiger partial charge in [0.1, 0.15) is 11.6 Å². The summed E-state index contributed by atoms with van der Waals surface area (Å²) in [5, 5.41) is 0.00857. The molecule has 0 aliphatic carbocycles. The Hall–Kier alpha value is -1.66. The van der Waals surface area contributed by atoms with Gasteiger partial charge in [-0.05, 0) is 30.3 Å². The average Bonchev–Trinajstić information content (AvgIpc) is 2.33. The topological polar surface area (TPSA) is 60.2 Å². The molecule has 2 aromatic rings. The summed E-state index contributed by atoms with van der Waals surface area (Å²) in [7, 11) is -3.92. The maximum atomic E-state index is 13.6. The Balaban J connectivity index is 2.46. The SMILES string of the molecule is Nc1cc(F)ccc1S(=O)(=O)Cc1c(F)cccc1Cl. The van der Waals surface area contributed by atoms with Gasteiger partial charge >= 0.3 is 0 Å². The van der Waals surface area contributed by atoms with Crippen molar-refractivity contribution in [3.8, 4) is 0 Å². The highest BCUT2D eigenvalue weighted by Crippen LogP contribution is 2.27. The van der Waals surface area contributed by atoms with Crippen LogP contribution < -0.4 is 5.73 Å². The lowest BCUT2D eigenvalue weighted by Crippen LogP contribution is -2.09. The number of halogens is 3. The van der Waals surface area contributed by atoms with Gasteiger partial charge in [-0.15, -0.1) is 0 Å². The Labute approximate surface area is 119 Å². The standard InChI is InChI=1S/C13H10ClF2NO2S/c14-10-2-1-3-11(16)9(10)7-20(18,19)13-5-4-8(15)6-12(13)17/h1-6H,7,17H2. The van der Waals surface area contributed by atoms with Crippen LogP contribution in [0, 0.1) is 11.6 Å². The van der Waals surface area contributed by atoms with E-state index in [1.54, 1.807) is 0 Å². The van der Waals surface area contributed by atoms with Crippen molar-refractivity contribution in [2.45, 2.75) is 10.6 Å². The number of benzene rings is 2. The summed E-state index contributed by atoms with van der Waals surface area (Å²) in [5.41, 5.74) is 5.13. The molecular weight excluding hydrogens is 308 g/mol. The predicted molar refractivity (Wildman–Crippen MR) is 73.1 cm³/mol. The molecule has 0 saturated heterocycles. The second-order valence-electron chi connectivity index (χ2n) is 4.14. The Morgan fingerprint density at radius 1 is 1.15 bits per heavy atom. The third-order valence-corrected chi connectivity index (χ3v) is 4.77. The summed E-state index contributed by atoms with van der Waals surface area (Å²) in [6, 6.07) is 6.81. The summed E-state index contributed by atoms with van der Waals surface area (Å²) in [4.78, 5) is -0.252. The van der Waals surface area contributed by atoms with E-state index in [2.05, 4.69) is 0 Å². The van der Waals surface area contributed by atoms with Gasteiger partial charge in [0.05, 0.1) is 16.3 Å². The molecule has 0 radical (unpaired) electrons. The van der Waals surface area contributed by atoms with Crippen molar-refractivity contribution >= 4 is 27.1 Å². The number of anilines is 1. The van der Waals surface area contributed by atoms with Gasteiger partial charge in [-0.2, -0.15) is 0 Å². The smallest absolute Gasteiger partial charge is 0.184 e. The van der Waals surface area contributed by atoms with Crippen molar-refractivity contribution < 1.29 is 17.2 Å². The van der Waals surface area contributed by atoms with Crippen molar-refractivity contribution in [3.63, 3.8) is 0 Å². The summed E-state index contributed by atoms with van der Waals surface area (Å²) in [5.74, 6) is -2.01. The van der Waals surface area contributed by atoms with Gasteiger partial charge in [-0.1, -0.05) is 17.7 Å². The van der Waals surface area contributed by atoms with Gasteiger partial charge in [0.15, 0.2) is 9.84 Å². The summed E-state index contributed by atoms with van der Waals surface area (Å²) >= 11 is 5.79. The van der Waals surface area contributed by atoms with Crippen LogP contribution in [0.4, 0.5) is 14.5 Å². The van der Waals surface area contributed by atoms with Gasteiger partial charge in [0, 0.05) is 10.6 Å². The van der Waals surface area contributed by atoms with E-state index >= 15 is 0 Å². The Bertz CT molecular complexity index is 743. The number of rotatable bonds is 3. The van der Waals surface area contributed by atoms with Crippen LogP contribution in [0.25, 0.3) is 0 Å². The molecule has 7 heteroatoms. The number of nitrogen functional groups attached to an aromatic ring is 1.